The first-order chi connectivity index (χ1) is 11.5. The molecule has 2 heterocycles. The molecular weight excluding hydrogens is 353 g/mol. The van der Waals surface area contributed by atoms with Crippen LogP contribution in [0.4, 0.5) is 13.2 Å². The summed E-state index contributed by atoms with van der Waals surface area (Å²) in [4.78, 5) is 4.31. The molecule has 7 heteroatoms. The third kappa shape index (κ3) is 3.35. The zero-order valence-corrected chi connectivity index (χ0v) is 13.7. The van der Waals surface area contributed by atoms with Crippen LogP contribution in [0.3, 0.4) is 0 Å². The van der Waals surface area contributed by atoms with Crippen LogP contribution in [-0.4, -0.2) is 18.9 Å². The number of hydrogen-bond acceptors (Lipinski definition) is 3. The maximum atomic E-state index is 12.9. The summed E-state index contributed by atoms with van der Waals surface area (Å²) >= 11 is 0. The summed E-state index contributed by atoms with van der Waals surface area (Å²) in [5.74, 6) is 1.36. The molecule has 0 amide bonds. The van der Waals surface area contributed by atoms with Crippen molar-refractivity contribution < 1.29 is 17.6 Å². The second-order valence-electron chi connectivity index (χ2n) is 5.60. The van der Waals surface area contributed by atoms with E-state index in [4.69, 9.17) is 4.42 Å². The maximum Gasteiger partial charge on any atom is 0.416 e. The van der Waals surface area contributed by atoms with Crippen LogP contribution in [0, 0.1) is 0 Å². The highest BCUT2D eigenvalue weighted by Crippen LogP contribution is 2.33. The van der Waals surface area contributed by atoms with E-state index in [9.17, 15) is 13.2 Å². The summed E-state index contributed by atoms with van der Waals surface area (Å²) in [5, 5.41) is 3.97. The number of furan rings is 1. The van der Waals surface area contributed by atoms with Gasteiger partial charge in [-0.2, -0.15) is 13.2 Å². The van der Waals surface area contributed by atoms with Gasteiger partial charge in [-0.3, -0.25) is 4.99 Å². The van der Waals surface area contributed by atoms with Crippen molar-refractivity contribution in [2.45, 2.75) is 6.18 Å². The maximum absolute atomic E-state index is 12.9. The first-order valence-electron chi connectivity index (χ1n) is 7.51. The standard InChI is InChI=1S/C18H13F3N2O.ClH/c19-18(20,21)14-3-1-2-11(9-14)12-4-5-15-13(8-12)10-16(24-15)17-22-6-7-23-17;/h1-5,8-10H,6-7H2,(H,22,23);1H. The fourth-order valence-corrected chi connectivity index (χ4v) is 2.78. The van der Waals surface area contributed by atoms with Gasteiger partial charge >= 0.3 is 6.18 Å². The second kappa shape index (κ2) is 6.44. The van der Waals surface area contributed by atoms with Crippen LogP contribution in [0.1, 0.15) is 11.3 Å². The van der Waals surface area contributed by atoms with Crippen LogP contribution >= 0.6 is 12.4 Å². The van der Waals surface area contributed by atoms with Crippen LogP contribution in [-0.2, 0) is 6.18 Å². The molecule has 1 aromatic heterocycles. The smallest absolute Gasteiger partial charge is 0.416 e. The molecule has 0 saturated heterocycles. The molecule has 0 fully saturated rings. The van der Waals surface area contributed by atoms with Crippen LogP contribution in [0.2, 0.25) is 0 Å². The Kier molecular flexibility index (Phi) is 4.47. The molecule has 0 bridgehead atoms. The predicted molar refractivity (Wildman–Crippen MR) is 93.3 cm³/mol. The number of aliphatic imine (C=N–C) groups is 1. The molecule has 3 aromatic rings. The van der Waals surface area contributed by atoms with E-state index in [0.717, 1.165) is 24.1 Å². The quantitative estimate of drug-likeness (QED) is 0.701. The monoisotopic (exact) mass is 366 g/mol. The zero-order valence-electron chi connectivity index (χ0n) is 12.9. The summed E-state index contributed by atoms with van der Waals surface area (Å²) in [5.41, 5.74) is 1.25. The van der Waals surface area contributed by atoms with Crippen molar-refractivity contribution in [3.63, 3.8) is 0 Å². The van der Waals surface area contributed by atoms with E-state index < -0.39 is 11.7 Å². The number of benzene rings is 2. The van der Waals surface area contributed by atoms with Gasteiger partial charge in [-0.05, 0) is 41.5 Å². The highest BCUT2D eigenvalue weighted by atomic mass is 35.5. The molecule has 3 nitrogen and oxygen atoms in total. The Morgan fingerprint density at radius 1 is 1.00 bits per heavy atom. The highest BCUT2D eigenvalue weighted by molar-refractivity contribution is 6.01. The number of hydrogen-bond donors (Lipinski definition) is 1. The van der Waals surface area contributed by atoms with E-state index in [-0.39, 0.29) is 12.4 Å². The van der Waals surface area contributed by atoms with Crippen LogP contribution in [0.25, 0.3) is 22.1 Å². The number of amidine groups is 1. The third-order valence-corrected chi connectivity index (χ3v) is 3.95. The van der Waals surface area contributed by atoms with Gasteiger partial charge in [-0.1, -0.05) is 18.2 Å². The van der Waals surface area contributed by atoms with Crippen LogP contribution in [0.15, 0.2) is 57.9 Å². The molecule has 0 saturated carbocycles. The van der Waals surface area contributed by atoms with Crippen molar-refractivity contribution >= 4 is 29.2 Å². The SMILES string of the molecule is Cl.FC(F)(F)c1cccc(-c2ccc3oc(C4=NCCN4)cc3c2)c1. The van der Waals surface area contributed by atoms with Gasteiger partial charge < -0.3 is 9.73 Å². The fraction of sp³-hybridized carbons (Fsp3) is 0.167. The molecule has 0 atom stereocenters. The number of fused-ring (bicyclic) bond motifs is 1. The fourth-order valence-electron chi connectivity index (χ4n) is 2.78. The lowest BCUT2D eigenvalue weighted by Crippen LogP contribution is -2.18. The Morgan fingerprint density at radius 2 is 1.80 bits per heavy atom. The molecule has 25 heavy (non-hydrogen) atoms. The van der Waals surface area contributed by atoms with Crippen molar-refractivity contribution in [2.24, 2.45) is 4.99 Å². The number of nitrogens with one attached hydrogen (secondary N) is 1. The van der Waals surface area contributed by atoms with Gasteiger partial charge in [0, 0.05) is 11.9 Å². The van der Waals surface area contributed by atoms with E-state index in [1.807, 2.05) is 12.1 Å². The normalized spacial score (nSPS) is 14.1. The number of alkyl halides is 3. The van der Waals surface area contributed by atoms with Gasteiger partial charge in [-0.25, -0.2) is 0 Å². The molecule has 1 aliphatic heterocycles. The van der Waals surface area contributed by atoms with Gasteiger partial charge in [0.15, 0.2) is 11.6 Å². The van der Waals surface area contributed by atoms with Crippen LogP contribution < -0.4 is 5.32 Å². The average Bonchev–Trinajstić information content (AvgIpc) is 3.22. The van der Waals surface area contributed by atoms with E-state index in [2.05, 4.69) is 10.3 Å². The molecule has 130 valence electrons. The molecule has 4 rings (SSSR count). The molecule has 1 N–H and O–H groups in total. The van der Waals surface area contributed by atoms with Crippen molar-refractivity contribution in [2.75, 3.05) is 13.1 Å². The minimum atomic E-state index is -4.35. The Labute approximate surface area is 148 Å². The Balaban J connectivity index is 0.00000182. The first kappa shape index (κ1) is 17.4. The summed E-state index contributed by atoms with van der Waals surface area (Å²) in [7, 11) is 0. The minimum absolute atomic E-state index is 0. The van der Waals surface area contributed by atoms with E-state index in [0.29, 0.717) is 34.9 Å². The topological polar surface area (TPSA) is 37.5 Å². The summed E-state index contributed by atoms with van der Waals surface area (Å²) < 4.78 is 44.4. The highest BCUT2D eigenvalue weighted by Gasteiger charge is 2.30. The zero-order chi connectivity index (χ0) is 16.7. The molecule has 2 aromatic carbocycles. The van der Waals surface area contributed by atoms with E-state index in [1.165, 1.54) is 6.07 Å². The lowest BCUT2D eigenvalue weighted by molar-refractivity contribution is -0.137. The lowest BCUT2D eigenvalue weighted by atomic mass is 10.0. The number of nitrogens with zero attached hydrogens (tertiary/aromatic N) is 1. The predicted octanol–water partition coefficient (Wildman–Crippen LogP) is 4.89. The van der Waals surface area contributed by atoms with Gasteiger partial charge in [0.25, 0.3) is 0 Å². The molecule has 0 unspecified atom stereocenters. The van der Waals surface area contributed by atoms with Crippen molar-refractivity contribution in [3.8, 4) is 11.1 Å². The van der Waals surface area contributed by atoms with Crippen LogP contribution in [0.5, 0.6) is 0 Å². The summed E-state index contributed by atoms with van der Waals surface area (Å²) in [6.45, 7) is 1.49. The molecular formula is C18H14ClF3N2O. The second-order valence-corrected chi connectivity index (χ2v) is 5.60. The number of rotatable bonds is 2. The van der Waals surface area contributed by atoms with Gasteiger partial charge in [0.05, 0.1) is 12.1 Å². The molecule has 0 aliphatic carbocycles. The van der Waals surface area contributed by atoms with E-state index >= 15 is 0 Å². The van der Waals surface area contributed by atoms with Crippen molar-refractivity contribution in [1.82, 2.24) is 5.32 Å². The summed E-state index contributed by atoms with van der Waals surface area (Å²) in [6.07, 6.45) is -4.35. The van der Waals surface area contributed by atoms with Gasteiger partial charge in [0.2, 0.25) is 0 Å². The Hall–Kier alpha value is -2.47. The largest absolute Gasteiger partial charge is 0.453 e. The van der Waals surface area contributed by atoms with Gasteiger partial charge in [0.1, 0.15) is 5.58 Å². The van der Waals surface area contributed by atoms with E-state index in [1.54, 1.807) is 18.2 Å². The minimum Gasteiger partial charge on any atom is -0.453 e. The average molecular weight is 367 g/mol. The first-order valence-corrected chi connectivity index (χ1v) is 7.51. The molecule has 0 radical (unpaired) electrons. The lowest BCUT2D eigenvalue weighted by Gasteiger charge is -2.08. The third-order valence-electron chi connectivity index (χ3n) is 3.95. The summed E-state index contributed by atoms with van der Waals surface area (Å²) in [6, 6.07) is 12.5. The van der Waals surface area contributed by atoms with Gasteiger partial charge in [-0.15, -0.1) is 12.4 Å². The number of halogens is 4. The van der Waals surface area contributed by atoms with Crippen molar-refractivity contribution in [1.29, 1.82) is 0 Å². The Bertz CT molecular complexity index is 947. The molecule has 0 spiro atoms. The Morgan fingerprint density at radius 3 is 2.52 bits per heavy atom. The van der Waals surface area contributed by atoms with Crippen molar-refractivity contribution in [3.05, 3.63) is 59.9 Å². The molecule has 1 aliphatic rings.